The van der Waals surface area contributed by atoms with Crippen molar-refractivity contribution >= 4 is 23.1 Å². The topological polar surface area (TPSA) is 111 Å². The number of nitrogen functional groups attached to an aromatic ring is 1. The lowest BCUT2D eigenvalue weighted by Crippen LogP contribution is -2.10. The molecule has 2 aromatic heterocycles. The molecule has 8 nitrogen and oxygen atoms in total. The van der Waals surface area contributed by atoms with Gasteiger partial charge in [-0.25, -0.2) is 9.97 Å². The van der Waals surface area contributed by atoms with Crippen molar-refractivity contribution in [2.45, 2.75) is 14.9 Å². The molecule has 0 saturated heterocycles. The summed E-state index contributed by atoms with van der Waals surface area (Å²) in [6.45, 7) is 0. The van der Waals surface area contributed by atoms with Crippen LogP contribution in [0.5, 0.6) is 11.5 Å². The summed E-state index contributed by atoms with van der Waals surface area (Å²) in [5.41, 5.74) is 9.39. The molecule has 8 heteroatoms. The summed E-state index contributed by atoms with van der Waals surface area (Å²) in [4.78, 5) is 9.18. The van der Waals surface area contributed by atoms with Gasteiger partial charge in [0.2, 0.25) is 5.95 Å². The number of nitrogens with one attached hydrogen (secondary N) is 2. The van der Waals surface area contributed by atoms with Crippen molar-refractivity contribution in [1.82, 2.24) is 14.4 Å². The summed E-state index contributed by atoms with van der Waals surface area (Å²) < 4.78 is 12.6. The zero-order valence-electron chi connectivity index (χ0n) is 16.0. The normalized spacial score (nSPS) is 10.0. The average molecular weight is 421 g/mol. The quantitative estimate of drug-likeness (QED) is 0.308. The second kappa shape index (κ2) is 9.62. The zero-order chi connectivity index (χ0) is 20.4. The minimum Gasteiger partial charge on any atom is -0.493 e. The average Bonchev–Trinajstić information content (AvgIpc) is 3.22. The van der Waals surface area contributed by atoms with E-state index in [1.165, 1.54) is 0 Å². The predicted molar refractivity (Wildman–Crippen MR) is 126 cm³/mol. The molecule has 162 valence electrons. The van der Waals surface area contributed by atoms with E-state index >= 15 is 0 Å². The number of methoxy groups -OCH3 is 2. The largest absolute Gasteiger partial charge is 0.493 e. The van der Waals surface area contributed by atoms with Gasteiger partial charge in [-0.3, -0.25) is 9.81 Å². The van der Waals surface area contributed by atoms with Crippen LogP contribution >= 0.6 is 0 Å². The molecule has 0 saturated carbocycles. The fourth-order valence-corrected chi connectivity index (χ4v) is 3.02. The lowest BCUT2D eigenvalue weighted by Gasteiger charge is -2.12. The molecule has 2 heterocycles. The minimum atomic E-state index is 0. The van der Waals surface area contributed by atoms with Gasteiger partial charge in [0, 0.05) is 35.3 Å². The summed E-state index contributed by atoms with van der Waals surface area (Å²) in [6, 6.07) is 14.8. The Kier molecular flexibility index (Phi) is 7.20. The van der Waals surface area contributed by atoms with Crippen molar-refractivity contribution in [3.63, 3.8) is 0 Å². The Hall–Kier alpha value is -4.07. The highest BCUT2D eigenvalue weighted by atomic mass is 16.5. The van der Waals surface area contributed by atoms with E-state index in [1.807, 2.05) is 47.0 Å². The highest BCUT2D eigenvalue weighted by molar-refractivity contribution is 5.95. The maximum Gasteiger partial charge on any atom is 0.213 e. The third kappa shape index (κ3) is 4.58. The van der Waals surface area contributed by atoms with Gasteiger partial charge in [0.1, 0.15) is 11.5 Å². The Bertz CT molecular complexity index is 1180. The molecule has 0 radical (unpaired) electrons. The summed E-state index contributed by atoms with van der Waals surface area (Å²) in [7, 11) is 3.20. The van der Waals surface area contributed by atoms with Gasteiger partial charge in [-0.1, -0.05) is 14.9 Å². The fraction of sp³-hybridized carbons (Fsp3) is 0.174. The molecule has 0 fully saturated rings. The van der Waals surface area contributed by atoms with Crippen molar-refractivity contribution in [2.24, 2.45) is 5.73 Å². The van der Waals surface area contributed by atoms with Gasteiger partial charge in [0.05, 0.1) is 19.9 Å². The summed E-state index contributed by atoms with van der Waals surface area (Å²) in [6.07, 6.45) is 3.56. The van der Waals surface area contributed by atoms with E-state index in [1.54, 1.807) is 32.5 Å². The van der Waals surface area contributed by atoms with Crippen LogP contribution in [0.15, 0.2) is 60.9 Å². The molecular weight excluding hydrogens is 392 g/mol. The summed E-state index contributed by atoms with van der Waals surface area (Å²) in [5.74, 6) is 1.92. The zero-order valence-corrected chi connectivity index (χ0v) is 16.0. The van der Waals surface area contributed by atoms with Gasteiger partial charge < -0.3 is 20.5 Å². The van der Waals surface area contributed by atoms with E-state index < -0.39 is 0 Å². The Morgan fingerprint density at radius 3 is 2.35 bits per heavy atom. The van der Waals surface area contributed by atoms with Gasteiger partial charge in [-0.05, 0) is 42.5 Å². The van der Waals surface area contributed by atoms with E-state index in [4.69, 9.17) is 25.6 Å². The van der Waals surface area contributed by atoms with Crippen molar-refractivity contribution in [1.29, 1.82) is 5.41 Å². The van der Waals surface area contributed by atoms with Crippen LogP contribution in [-0.4, -0.2) is 34.4 Å². The Morgan fingerprint density at radius 1 is 1.00 bits per heavy atom. The lowest BCUT2D eigenvalue weighted by atomic mass is 10.1. The molecule has 0 aliphatic carbocycles. The number of nitrogens with zero attached hydrogens (tertiary/aromatic N) is 3. The first kappa shape index (κ1) is 23.2. The number of benzene rings is 2. The summed E-state index contributed by atoms with van der Waals surface area (Å²) in [5, 5.41) is 10.8. The first-order chi connectivity index (χ1) is 14.1. The van der Waals surface area contributed by atoms with Crippen molar-refractivity contribution in [3.8, 4) is 22.8 Å². The monoisotopic (exact) mass is 420 g/mol. The molecule has 31 heavy (non-hydrogen) atoms. The van der Waals surface area contributed by atoms with Crippen molar-refractivity contribution in [3.05, 3.63) is 66.5 Å². The highest BCUT2D eigenvalue weighted by Gasteiger charge is 2.12. The number of imidazole rings is 1. The van der Waals surface area contributed by atoms with Gasteiger partial charge in [0.15, 0.2) is 11.5 Å². The van der Waals surface area contributed by atoms with Gasteiger partial charge >= 0.3 is 0 Å². The van der Waals surface area contributed by atoms with Crippen LogP contribution < -0.4 is 20.5 Å². The number of nitrogens with two attached hydrogens (primary N) is 1. The maximum atomic E-state index is 7.51. The standard InChI is InChI=1S/C21H20N6O2.2CH4/c1-28-17-8-5-14(11-18(17)29-2)16-12-19-24-9-10-27(19)21(26-16)25-15-6-3-13(4-7-15)20(22)23;;/h3-12H,1-2H3,(H3,22,23)(H,25,26);2*1H4. The van der Waals surface area contributed by atoms with Gasteiger partial charge in [-0.15, -0.1) is 0 Å². The maximum absolute atomic E-state index is 7.51. The molecule has 0 atom stereocenters. The van der Waals surface area contributed by atoms with Crippen LogP contribution in [0, 0.1) is 5.41 Å². The minimum absolute atomic E-state index is 0. The molecule has 0 unspecified atom stereocenters. The number of amidine groups is 1. The smallest absolute Gasteiger partial charge is 0.213 e. The number of rotatable bonds is 6. The predicted octanol–water partition coefficient (Wildman–Crippen LogP) is 4.71. The molecule has 4 N–H and O–H groups in total. The van der Waals surface area contributed by atoms with Gasteiger partial charge in [-0.2, -0.15) is 0 Å². The van der Waals surface area contributed by atoms with Crippen molar-refractivity contribution in [2.75, 3.05) is 19.5 Å². The van der Waals surface area contributed by atoms with E-state index in [-0.39, 0.29) is 20.7 Å². The summed E-state index contributed by atoms with van der Waals surface area (Å²) >= 11 is 0. The molecule has 0 amide bonds. The van der Waals surface area contributed by atoms with Crippen LogP contribution in [-0.2, 0) is 0 Å². The second-order valence-corrected chi connectivity index (χ2v) is 6.31. The highest BCUT2D eigenvalue weighted by Crippen LogP contribution is 2.32. The van der Waals surface area contributed by atoms with E-state index in [0.29, 0.717) is 23.0 Å². The number of ether oxygens (including phenoxy) is 2. The Labute approximate surface area is 182 Å². The van der Waals surface area contributed by atoms with E-state index in [9.17, 15) is 0 Å². The molecule has 0 bridgehead atoms. The third-order valence-corrected chi connectivity index (χ3v) is 4.52. The number of hydrogen-bond donors (Lipinski definition) is 3. The fourth-order valence-electron chi connectivity index (χ4n) is 3.02. The Morgan fingerprint density at radius 2 is 1.71 bits per heavy atom. The number of aromatic nitrogens is 3. The Balaban J connectivity index is 0.00000171. The van der Waals surface area contributed by atoms with Crippen LogP contribution in [0.4, 0.5) is 11.6 Å². The molecule has 0 spiro atoms. The van der Waals surface area contributed by atoms with E-state index in [2.05, 4.69) is 10.3 Å². The number of fused-ring (bicyclic) bond motifs is 1. The molecule has 4 rings (SSSR count). The number of anilines is 2. The SMILES string of the molecule is C.C.COc1ccc(-c2cc3nccn3c(Nc3ccc(C(=N)N)cc3)n2)cc1OC. The van der Waals surface area contributed by atoms with Crippen molar-refractivity contribution < 1.29 is 9.47 Å². The molecular formula is C23H28N6O2. The first-order valence-electron chi connectivity index (χ1n) is 8.87. The molecule has 4 aromatic rings. The number of hydrogen-bond acceptors (Lipinski definition) is 6. The molecule has 2 aromatic carbocycles. The lowest BCUT2D eigenvalue weighted by molar-refractivity contribution is 0.355. The first-order valence-corrected chi connectivity index (χ1v) is 8.87. The van der Waals surface area contributed by atoms with Crippen LogP contribution in [0.25, 0.3) is 16.9 Å². The molecule has 0 aliphatic heterocycles. The van der Waals surface area contributed by atoms with Crippen LogP contribution in [0.1, 0.15) is 20.4 Å². The third-order valence-electron chi connectivity index (χ3n) is 4.52. The second-order valence-electron chi connectivity index (χ2n) is 6.31. The van der Waals surface area contributed by atoms with Crippen LogP contribution in [0.2, 0.25) is 0 Å². The van der Waals surface area contributed by atoms with Crippen LogP contribution in [0.3, 0.4) is 0 Å². The van der Waals surface area contributed by atoms with Gasteiger partial charge in [0.25, 0.3) is 0 Å². The van der Waals surface area contributed by atoms with E-state index in [0.717, 1.165) is 22.6 Å². The molecule has 0 aliphatic rings.